The fraction of sp³-hybridized carbons (Fsp3) is 0.250. The molecule has 0 radical (unpaired) electrons. The highest BCUT2D eigenvalue weighted by Crippen LogP contribution is 2.32. The van der Waals surface area contributed by atoms with Gasteiger partial charge in [0.2, 0.25) is 0 Å². The summed E-state index contributed by atoms with van der Waals surface area (Å²) in [5, 5.41) is 7.01. The number of benzene rings is 1. The first-order valence-corrected chi connectivity index (χ1v) is 10.0. The molecule has 0 saturated heterocycles. The number of nitrogens with one attached hydrogen (secondary N) is 3. The Kier molecular flexibility index (Phi) is 6.24. The van der Waals surface area contributed by atoms with E-state index in [0.29, 0.717) is 16.4 Å². The number of halogens is 1. The molecule has 9 heteroatoms. The van der Waals surface area contributed by atoms with Gasteiger partial charge in [-0.3, -0.25) is 9.59 Å². The minimum atomic E-state index is -0.835. The van der Waals surface area contributed by atoms with E-state index in [2.05, 4.69) is 15.6 Å². The van der Waals surface area contributed by atoms with Crippen LogP contribution in [0.1, 0.15) is 26.4 Å². The number of carbonyl (C=O) groups is 3. The van der Waals surface area contributed by atoms with Crippen molar-refractivity contribution in [2.75, 3.05) is 19.0 Å². The third-order valence-electron chi connectivity index (χ3n) is 4.62. The van der Waals surface area contributed by atoms with Crippen LogP contribution >= 0.6 is 22.9 Å². The molecule has 0 spiro atoms. The summed E-state index contributed by atoms with van der Waals surface area (Å²) in [7, 11) is 1.27. The molecule has 0 aliphatic rings. The Morgan fingerprint density at radius 2 is 1.97 bits per heavy atom. The summed E-state index contributed by atoms with van der Waals surface area (Å²) in [6, 6.07) is 5.54. The van der Waals surface area contributed by atoms with Gasteiger partial charge in [0.25, 0.3) is 0 Å². The van der Waals surface area contributed by atoms with Gasteiger partial charge in [-0.2, -0.15) is 0 Å². The maximum absolute atomic E-state index is 12.3. The van der Waals surface area contributed by atoms with Gasteiger partial charge in [-0.15, -0.1) is 11.3 Å². The number of aryl methyl sites for hydroxylation is 1. The first-order valence-electron chi connectivity index (χ1n) is 8.84. The van der Waals surface area contributed by atoms with Gasteiger partial charge in [-0.1, -0.05) is 11.6 Å². The largest absolute Gasteiger partial charge is 0.465 e. The van der Waals surface area contributed by atoms with Gasteiger partial charge < -0.3 is 20.4 Å². The number of esters is 1. The number of hydrogen-bond donors (Lipinski definition) is 3. The number of thiophene rings is 1. The van der Waals surface area contributed by atoms with E-state index < -0.39 is 17.8 Å². The zero-order valence-electron chi connectivity index (χ0n) is 16.1. The first kappa shape index (κ1) is 20.9. The summed E-state index contributed by atoms with van der Waals surface area (Å²) in [4.78, 5) is 40.4. The summed E-state index contributed by atoms with van der Waals surface area (Å²) in [6.45, 7) is 3.87. The van der Waals surface area contributed by atoms with Crippen molar-refractivity contribution >= 4 is 56.6 Å². The van der Waals surface area contributed by atoms with E-state index in [4.69, 9.17) is 16.3 Å². The van der Waals surface area contributed by atoms with Gasteiger partial charge in [0, 0.05) is 33.5 Å². The van der Waals surface area contributed by atoms with Crippen LogP contribution in [0.2, 0.25) is 5.02 Å². The second-order valence-corrected chi connectivity index (χ2v) is 8.10. The van der Waals surface area contributed by atoms with Gasteiger partial charge in [-0.25, -0.2) is 4.79 Å². The maximum Gasteiger partial charge on any atom is 0.341 e. The average molecular weight is 434 g/mol. The van der Waals surface area contributed by atoms with Crippen LogP contribution in [-0.2, 0) is 20.7 Å². The number of fused-ring (bicyclic) bond motifs is 1. The Bertz CT molecular complexity index is 1100. The summed E-state index contributed by atoms with van der Waals surface area (Å²) >= 11 is 7.27. The van der Waals surface area contributed by atoms with E-state index in [1.807, 2.05) is 25.3 Å². The van der Waals surface area contributed by atoms with Crippen molar-refractivity contribution in [2.45, 2.75) is 20.3 Å². The van der Waals surface area contributed by atoms with Crippen molar-refractivity contribution in [3.8, 4) is 0 Å². The topological polar surface area (TPSA) is 100 Å². The van der Waals surface area contributed by atoms with E-state index in [0.717, 1.165) is 26.9 Å². The van der Waals surface area contributed by atoms with Crippen molar-refractivity contribution in [1.29, 1.82) is 0 Å². The Morgan fingerprint density at radius 1 is 1.21 bits per heavy atom. The van der Waals surface area contributed by atoms with Crippen molar-refractivity contribution in [2.24, 2.45) is 0 Å². The molecule has 0 atom stereocenters. The zero-order chi connectivity index (χ0) is 21.1. The molecule has 2 heterocycles. The third kappa shape index (κ3) is 4.44. The lowest BCUT2D eigenvalue weighted by Crippen LogP contribution is -2.36. The predicted molar refractivity (Wildman–Crippen MR) is 114 cm³/mol. The summed E-state index contributed by atoms with van der Waals surface area (Å²) in [5.74, 6) is -2.17. The number of anilines is 1. The SMILES string of the molecule is COC(=O)c1c(NC(=O)C(=O)NCCc2c[nH]c3ccc(Cl)cc23)sc(C)c1C. The summed E-state index contributed by atoms with van der Waals surface area (Å²) < 4.78 is 4.77. The minimum Gasteiger partial charge on any atom is -0.465 e. The summed E-state index contributed by atoms with van der Waals surface area (Å²) in [6.07, 6.45) is 2.39. The molecule has 0 aliphatic heterocycles. The lowest BCUT2D eigenvalue weighted by molar-refractivity contribution is -0.136. The number of H-pyrrole nitrogens is 1. The Labute approximate surface area is 176 Å². The number of rotatable bonds is 5. The fourth-order valence-corrected chi connectivity index (χ4v) is 4.19. The molecule has 2 amide bonds. The lowest BCUT2D eigenvalue weighted by atomic mass is 10.1. The number of aromatic nitrogens is 1. The molecule has 0 bridgehead atoms. The predicted octanol–water partition coefficient (Wildman–Crippen LogP) is 3.58. The van der Waals surface area contributed by atoms with E-state index in [-0.39, 0.29) is 12.1 Å². The molecule has 0 fully saturated rings. The van der Waals surface area contributed by atoms with Crippen molar-refractivity contribution < 1.29 is 19.1 Å². The molecule has 3 N–H and O–H groups in total. The number of ether oxygens (including phenoxy) is 1. The van der Waals surface area contributed by atoms with E-state index in [9.17, 15) is 14.4 Å². The molecule has 0 unspecified atom stereocenters. The van der Waals surface area contributed by atoms with Crippen LogP contribution in [0.3, 0.4) is 0 Å². The second kappa shape index (κ2) is 8.67. The standard InChI is InChI=1S/C20H20ClN3O4S/c1-10-11(2)29-19(16(10)20(27)28-3)24-18(26)17(25)22-7-6-12-9-23-15-5-4-13(21)8-14(12)15/h4-5,8-9,23H,6-7H2,1-3H3,(H,22,25)(H,24,26). The highest BCUT2D eigenvalue weighted by atomic mass is 35.5. The minimum absolute atomic E-state index is 0.270. The Hall–Kier alpha value is -2.84. The molecule has 29 heavy (non-hydrogen) atoms. The van der Waals surface area contributed by atoms with Crippen molar-refractivity contribution in [3.63, 3.8) is 0 Å². The van der Waals surface area contributed by atoms with Crippen LogP contribution in [0.5, 0.6) is 0 Å². The molecular formula is C20H20ClN3O4S. The molecule has 152 valence electrons. The molecule has 3 aromatic rings. The van der Waals surface area contributed by atoms with Crippen LogP contribution in [-0.4, -0.2) is 36.4 Å². The van der Waals surface area contributed by atoms with Crippen molar-refractivity contribution in [3.05, 3.63) is 51.0 Å². The molecule has 3 rings (SSSR count). The molecule has 0 aliphatic carbocycles. The average Bonchev–Trinajstić information content (AvgIpc) is 3.21. The quantitative estimate of drug-likeness (QED) is 0.423. The summed E-state index contributed by atoms with van der Waals surface area (Å²) in [5.41, 5.74) is 2.93. The van der Waals surface area contributed by atoms with Crippen LogP contribution < -0.4 is 10.6 Å². The van der Waals surface area contributed by atoms with Gasteiger partial charge in [0.05, 0.1) is 12.7 Å². The van der Waals surface area contributed by atoms with Gasteiger partial charge >= 0.3 is 17.8 Å². The van der Waals surface area contributed by atoms with Crippen LogP contribution in [0.15, 0.2) is 24.4 Å². The fourth-order valence-electron chi connectivity index (χ4n) is 2.97. The smallest absolute Gasteiger partial charge is 0.341 e. The molecule has 7 nitrogen and oxygen atoms in total. The number of hydrogen-bond acceptors (Lipinski definition) is 5. The highest BCUT2D eigenvalue weighted by Gasteiger charge is 2.23. The van der Waals surface area contributed by atoms with E-state index >= 15 is 0 Å². The molecule has 0 saturated carbocycles. The molecule has 2 aromatic heterocycles. The number of amides is 2. The number of aromatic amines is 1. The highest BCUT2D eigenvalue weighted by molar-refractivity contribution is 7.17. The van der Waals surface area contributed by atoms with Gasteiger partial charge in [-0.05, 0) is 49.6 Å². The maximum atomic E-state index is 12.3. The second-order valence-electron chi connectivity index (χ2n) is 6.44. The number of carbonyl (C=O) groups excluding carboxylic acids is 3. The normalized spacial score (nSPS) is 10.8. The van der Waals surface area contributed by atoms with E-state index in [1.165, 1.54) is 18.4 Å². The zero-order valence-corrected chi connectivity index (χ0v) is 17.7. The van der Waals surface area contributed by atoms with Gasteiger partial charge in [0.1, 0.15) is 5.00 Å². The van der Waals surface area contributed by atoms with E-state index in [1.54, 1.807) is 13.0 Å². The first-order chi connectivity index (χ1) is 13.8. The monoisotopic (exact) mass is 433 g/mol. The van der Waals surface area contributed by atoms with Crippen LogP contribution in [0.25, 0.3) is 10.9 Å². The Balaban J connectivity index is 1.61. The number of methoxy groups -OCH3 is 1. The van der Waals surface area contributed by atoms with Crippen LogP contribution in [0.4, 0.5) is 5.00 Å². The Morgan fingerprint density at radius 3 is 2.69 bits per heavy atom. The van der Waals surface area contributed by atoms with Crippen LogP contribution in [0, 0.1) is 13.8 Å². The van der Waals surface area contributed by atoms with Crippen molar-refractivity contribution in [1.82, 2.24) is 10.3 Å². The molecular weight excluding hydrogens is 414 g/mol. The van der Waals surface area contributed by atoms with Gasteiger partial charge in [0.15, 0.2) is 0 Å². The lowest BCUT2D eigenvalue weighted by Gasteiger charge is -2.07. The molecule has 1 aromatic carbocycles. The third-order valence-corrected chi connectivity index (χ3v) is 5.98.